The van der Waals surface area contributed by atoms with E-state index in [0.717, 1.165) is 57.1 Å². The first-order valence-corrected chi connectivity index (χ1v) is 24.9. The van der Waals surface area contributed by atoms with Gasteiger partial charge in [-0.3, -0.25) is 0 Å². The summed E-state index contributed by atoms with van der Waals surface area (Å²) in [5, 5.41) is 9.65. The molecule has 0 amide bonds. The molecular formula is C68H48O2. The number of fused-ring (bicyclic) bond motifs is 17. The van der Waals surface area contributed by atoms with E-state index in [1.165, 1.54) is 110 Å². The van der Waals surface area contributed by atoms with E-state index >= 15 is 0 Å². The van der Waals surface area contributed by atoms with Crippen LogP contribution in [0.2, 0.25) is 0 Å². The highest BCUT2D eigenvalue weighted by Crippen LogP contribution is 2.64. The second-order valence-corrected chi connectivity index (χ2v) is 20.9. The molecule has 3 aliphatic rings. The van der Waals surface area contributed by atoms with E-state index in [1.807, 2.05) is 0 Å². The number of hydrogen-bond acceptors (Lipinski definition) is 2. The van der Waals surface area contributed by atoms with E-state index in [0.29, 0.717) is 0 Å². The van der Waals surface area contributed by atoms with Crippen LogP contribution in [-0.4, -0.2) is 0 Å². The molecule has 0 atom stereocenters. The standard InChI is InChI=1S/C68H48O2/c1-67(2)55-37-53(47-33-31-41(39-19-7-5-8-20-39)43-23-11-13-25-45(43)47)65-61(49-27-15-17-29-57(49)69-65)59(55)51-35-36-52-60-56(68(3,4)64(52)63(51)67)38-54(66-62(60)50-28-16-18-30-58(50)70-66)48-34-32-42(40-21-9-6-10-22-40)44-24-12-14-26-46(44)48/h5,7-9,11-38H,6,10H2,1-4H3. The van der Waals surface area contributed by atoms with Gasteiger partial charge in [0.15, 0.2) is 0 Å². The Morgan fingerprint density at radius 2 is 0.786 bits per heavy atom. The van der Waals surface area contributed by atoms with Gasteiger partial charge in [-0.25, -0.2) is 0 Å². The van der Waals surface area contributed by atoms with E-state index < -0.39 is 0 Å². The molecule has 0 aliphatic heterocycles. The van der Waals surface area contributed by atoms with Gasteiger partial charge in [0.05, 0.1) is 0 Å². The molecule has 0 fully saturated rings. The normalized spacial score (nSPS) is 15.3. The van der Waals surface area contributed by atoms with Crippen LogP contribution in [0, 0.1) is 0 Å². The monoisotopic (exact) mass is 896 g/mol. The lowest BCUT2D eigenvalue weighted by molar-refractivity contribution is 0.601. The lowest BCUT2D eigenvalue weighted by Crippen LogP contribution is -2.24. The van der Waals surface area contributed by atoms with Crippen LogP contribution in [0.15, 0.2) is 203 Å². The van der Waals surface area contributed by atoms with Crippen LogP contribution < -0.4 is 0 Å². The Kier molecular flexibility index (Phi) is 8.06. The van der Waals surface area contributed by atoms with E-state index in [9.17, 15) is 0 Å². The molecule has 0 radical (unpaired) electrons. The zero-order valence-electron chi connectivity index (χ0n) is 39.7. The van der Waals surface area contributed by atoms with Crippen molar-refractivity contribution in [1.82, 2.24) is 0 Å². The van der Waals surface area contributed by atoms with Crippen LogP contribution in [0.1, 0.15) is 68.4 Å². The van der Waals surface area contributed by atoms with Crippen molar-refractivity contribution in [1.29, 1.82) is 0 Å². The Hall–Kier alpha value is -8.20. The van der Waals surface area contributed by atoms with Crippen molar-refractivity contribution in [2.75, 3.05) is 0 Å². The van der Waals surface area contributed by atoms with Gasteiger partial charge >= 0.3 is 0 Å². The molecule has 0 spiro atoms. The van der Waals surface area contributed by atoms with Crippen LogP contribution in [0.3, 0.4) is 0 Å². The SMILES string of the molecule is CC1(C)c2cc(-c3ccc(C4=CCCC=C4)c4ccccc34)c3oc4ccccc4c3c2-c2ccc3c(c21)C(C)(C)c1cc(-c2ccc(-c4ccccc4)c4ccccc24)c2oc4ccccc4c2c1-3. The first kappa shape index (κ1) is 39.8. The Bertz CT molecular complexity index is 4330. The first-order chi connectivity index (χ1) is 34.3. The predicted octanol–water partition coefficient (Wildman–Crippen LogP) is 19.1. The Morgan fingerprint density at radius 1 is 0.371 bits per heavy atom. The average molecular weight is 897 g/mol. The zero-order chi connectivity index (χ0) is 46.6. The van der Waals surface area contributed by atoms with Crippen molar-refractivity contribution in [2.45, 2.75) is 51.4 Å². The Labute approximate surface area is 406 Å². The molecule has 0 saturated carbocycles. The van der Waals surface area contributed by atoms with Crippen LogP contribution in [0.25, 0.3) is 127 Å². The summed E-state index contributed by atoms with van der Waals surface area (Å²) in [5.74, 6) is 0. The maximum Gasteiger partial charge on any atom is 0.143 e. The van der Waals surface area contributed by atoms with Crippen LogP contribution >= 0.6 is 0 Å². The summed E-state index contributed by atoms with van der Waals surface area (Å²) >= 11 is 0. The van der Waals surface area contributed by atoms with Gasteiger partial charge in [0.2, 0.25) is 0 Å². The minimum atomic E-state index is -0.356. The van der Waals surface area contributed by atoms with Gasteiger partial charge in [0.1, 0.15) is 22.3 Å². The molecular weight excluding hydrogens is 849 g/mol. The molecule has 2 aromatic heterocycles. The summed E-state index contributed by atoms with van der Waals surface area (Å²) in [6.45, 7) is 9.86. The maximum absolute atomic E-state index is 7.09. The van der Waals surface area contributed by atoms with Crippen LogP contribution in [-0.2, 0) is 10.8 Å². The second-order valence-electron chi connectivity index (χ2n) is 20.9. The average Bonchev–Trinajstić information content (AvgIpc) is 4.11. The molecule has 0 saturated heterocycles. The molecule has 0 N–H and O–H groups in total. The fourth-order valence-corrected chi connectivity index (χ4v) is 13.3. The quantitative estimate of drug-likeness (QED) is 0.176. The van der Waals surface area contributed by atoms with Gasteiger partial charge in [0, 0.05) is 43.5 Å². The molecule has 2 heterocycles. The first-order valence-electron chi connectivity index (χ1n) is 24.9. The molecule has 332 valence electrons. The third-order valence-corrected chi connectivity index (χ3v) is 16.5. The van der Waals surface area contributed by atoms with Crippen molar-refractivity contribution in [3.63, 3.8) is 0 Å². The highest BCUT2D eigenvalue weighted by molar-refractivity contribution is 6.23. The summed E-state index contributed by atoms with van der Waals surface area (Å²) < 4.78 is 14.2. The summed E-state index contributed by atoms with van der Waals surface area (Å²) in [6.07, 6.45) is 9.15. The summed E-state index contributed by atoms with van der Waals surface area (Å²) in [4.78, 5) is 0. The maximum atomic E-state index is 7.09. The summed E-state index contributed by atoms with van der Waals surface area (Å²) in [6, 6.07) is 65.0. The topological polar surface area (TPSA) is 26.3 Å². The van der Waals surface area contributed by atoms with E-state index in [-0.39, 0.29) is 10.8 Å². The van der Waals surface area contributed by atoms with Crippen LogP contribution in [0.5, 0.6) is 0 Å². The van der Waals surface area contributed by atoms with Gasteiger partial charge in [-0.05, 0) is 137 Å². The highest BCUT2D eigenvalue weighted by atomic mass is 16.3. The van der Waals surface area contributed by atoms with Gasteiger partial charge < -0.3 is 8.83 Å². The summed E-state index contributed by atoms with van der Waals surface area (Å²) in [7, 11) is 0. The van der Waals surface area contributed by atoms with Crippen molar-refractivity contribution in [3.05, 3.63) is 222 Å². The molecule has 70 heavy (non-hydrogen) atoms. The van der Waals surface area contributed by atoms with Crippen LogP contribution in [0.4, 0.5) is 0 Å². The Balaban J connectivity index is 0.988. The van der Waals surface area contributed by atoms with Crippen molar-refractivity contribution in [3.8, 4) is 55.6 Å². The van der Waals surface area contributed by atoms with E-state index in [1.54, 1.807) is 0 Å². The van der Waals surface area contributed by atoms with E-state index in [2.05, 4.69) is 222 Å². The van der Waals surface area contributed by atoms with Crippen molar-refractivity contribution in [2.24, 2.45) is 0 Å². The molecule has 2 nitrogen and oxygen atoms in total. The third-order valence-electron chi connectivity index (χ3n) is 16.5. The van der Waals surface area contributed by atoms with Crippen molar-refractivity contribution >= 4 is 71.0 Å². The molecule has 3 aliphatic carbocycles. The van der Waals surface area contributed by atoms with E-state index in [4.69, 9.17) is 8.83 Å². The number of benzene rings is 10. The lowest BCUT2D eigenvalue weighted by Gasteiger charge is -2.31. The highest BCUT2D eigenvalue weighted by Gasteiger charge is 2.48. The third kappa shape index (κ3) is 5.23. The summed E-state index contributed by atoms with van der Waals surface area (Å²) in [5.41, 5.74) is 23.3. The van der Waals surface area contributed by atoms with Gasteiger partial charge in [-0.15, -0.1) is 0 Å². The zero-order valence-corrected chi connectivity index (χ0v) is 39.7. The molecule has 2 heteroatoms. The lowest BCUT2D eigenvalue weighted by atomic mass is 9.72. The fraction of sp³-hybridized carbons (Fsp3) is 0.118. The second kappa shape index (κ2) is 14.2. The smallest absolute Gasteiger partial charge is 0.143 e. The van der Waals surface area contributed by atoms with Gasteiger partial charge in [-0.2, -0.15) is 0 Å². The number of allylic oxidation sites excluding steroid dienone is 4. The molecule has 12 aromatic rings. The number of furan rings is 2. The number of rotatable bonds is 4. The van der Waals surface area contributed by atoms with Gasteiger partial charge in [0.25, 0.3) is 0 Å². The fourth-order valence-electron chi connectivity index (χ4n) is 13.3. The van der Waals surface area contributed by atoms with Gasteiger partial charge in [-0.1, -0.05) is 198 Å². The molecule has 0 bridgehead atoms. The minimum Gasteiger partial charge on any atom is -0.455 e. The Morgan fingerprint density at radius 3 is 1.29 bits per heavy atom. The molecule has 10 aromatic carbocycles. The molecule has 0 unspecified atom stereocenters. The number of hydrogen-bond donors (Lipinski definition) is 0. The largest absolute Gasteiger partial charge is 0.455 e. The minimum absolute atomic E-state index is 0.353. The van der Waals surface area contributed by atoms with Crippen molar-refractivity contribution < 1.29 is 8.83 Å². The predicted molar refractivity (Wildman–Crippen MR) is 294 cm³/mol. The molecule has 15 rings (SSSR count). The number of para-hydroxylation sites is 2.